The van der Waals surface area contributed by atoms with Gasteiger partial charge >= 0.3 is 12.1 Å². The summed E-state index contributed by atoms with van der Waals surface area (Å²) in [7, 11) is 0. The first kappa shape index (κ1) is 14.8. The van der Waals surface area contributed by atoms with E-state index in [4.69, 9.17) is 0 Å². The van der Waals surface area contributed by atoms with Crippen LogP contribution in [-0.2, 0) is 16.0 Å². The summed E-state index contributed by atoms with van der Waals surface area (Å²) in [5.41, 5.74) is 0.687. The van der Waals surface area contributed by atoms with Gasteiger partial charge in [-0.15, -0.1) is 0 Å². The molecular weight excluding hydrogens is 313 g/mol. The third-order valence-electron chi connectivity index (χ3n) is 1.97. The van der Waals surface area contributed by atoms with E-state index in [9.17, 15) is 18.0 Å². The first-order chi connectivity index (χ1) is 8.29. The van der Waals surface area contributed by atoms with Crippen LogP contribution >= 0.6 is 15.9 Å². The summed E-state index contributed by atoms with van der Waals surface area (Å²) in [5, 5.41) is 0. The number of allylic oxidation sites excluding steroid dienone is 2. The molecule has 6 heteroatoms. The Morgan fingerprint density at radius 2 is 1.89 bits per heavy atom. The van der Waals surface area contributed by atoms with Crippen molar-refractivity contribution in [1.29, 1.82) is 0 Å². The van der Waals surface area contributed by atoms with Crippen LogP contribution in [0.25, 0.3) is 0 Å². The molecule has 0 radical (unpaired) electrons. The van der Waals surface area contributed by atoms with Crippen LogP contribution in [0.2, 0.25) is 0 Å². The van der Waals surface area contributed by atoms with E-state index in [0.717, 1.165) is 17.5 Å². The molecule has 2 nitrogen and oxygen atoms in total. The molecule has 1 aromatic carbocycles. The minimum absolute atomic E-state index is 0.0371. The van der Waals surface area contributed by atoms with Crippen molar-refractivity contribution in [2.24, 2.45) is 0 Å². The first-order valence-electron chi connectivity index (χ1n) is 4.99. The summed E-state index contributed by atoms with van der Waals surface area (Å²) < 4.78 is 42.5. The predicted octanol–water partition coefficient (Wildman–Crippen LogP) is 4.00. The lowest BCUT2D eigenvalue weighted by Crippen LogP contribution is -2.17. The first-order valence-corrected chi connectivity index (χ1v) is 5.78. The van der Waals surface area contributed by atoms with Crippen LogP contribution < -0.4 is 0 Å². The lowest BCUT2D eigenvalue weighted by molar-refractivity contribution is -0.158. The molecule has 0 atom stereocenters. The Labute approximate surface area is 111 Å². The molecule has 0 amide bonds. The molecule has 0 bridgehead atoms. The Morgan fingerprint density at radius 1 is 1.33 bits per heavy atom. The third kappa shape index (κ3) is 4.91. The summed E-state index contributed by atoms with van der Waals surface area (Å²) in [6, 6.07) is 6.81. The van der Waals surface area contributed by atoms with Crippen LogP contribution in [0.5, 0.6) is 0 Å². The monoisotopic (exact) mass is 322 g/mol. The number of hydrogen-bond acceptors (Lipinski definition) is 2. The molecule has 0 heterocycles. The molecule has 98 valence electrons. The number of benzene rings is 1. The van der Waals surface area contributed by atoms with Crippen molar-refractivity contribution < 1.29 is 22.7 Å². The fraction of sp³-hybridized carbons (Fsp3) is 0.250. The van der Waals surface area contributed by atoms with Gasteiger partial charge in [-0.3, -0.25) is 4.79 Å². The number of alkyl halides is 3. The quantitative estimate of drug-likeness (QED) is 0.621. The molecule has 0 fully saturated rings. The van der Waals surface area contributed by atoms with Crippen LogP contribution in [0.1, 0.15) is 12.5 Å². The van der Waals surface area contributed by atoms with E-state index in [2.05, 4.69) is 20.7 Å². The van der Waals surface area contributed by atoms with Crippen molar-refractivity contribution in [3.05, 3.63) is 46.1 Å². The summed E-state index contributed by atoms with van der Waals surface area (Å²) in [6.45, 7) is 0.930. The normalized spacial score (nSPS) is 12.4. The van der Waals surface area contributed by atoms with E-state index in [-0.39, 0.29) is 6.42 Å². The molecule has 0 aromatic heterocycles. The molecule has 0 saturated carbocycles. The van der Waals surface area contributed by atoms with Gasteiger partial charge in [-0.1, -0.05) is 28.1 Å². The molecule has 0 saturated heterocycles. The SMILES string of the molecule is CC(=O)OC(=CCc1ccc(Br)cc1)C(F)(F)F. The topological polar surface area (TPSA) is 26.3 Å². The average molecular weight is 323 g/mol. The molecule has 1 aromatic rings. The van der Waals surface area contributed by atoms with E-state index in [1.165, 1.54) is 0 Å². The molecule has 18 heavy (non-hydrogen) atoms. The van der Waals surface area contributed by atoms with Gasteiger partial charge in [-0.05, 0) is 30.2 Å². The molecule has 0 N–H and O–H groups in total. The minimum atomic E-state index is -4.67. The van der Waals surface area contributed by atoms with Crippen molar-refractivity contribution in [3.63, 3.8) is 0 Å². The van der Waals surface area contributed by atoms with Crippen molar-refractivity contribution in [1.82, 2.24) is 0 Å². The summed E-state index contributed by atoms with van der Waals surface area (Å²) in [6.07, 6.45) is -3.78. The fourth-order valence-corrected chi connectivity index (χ4v) is 1.47. The Bertz CT molecular complexity index is 449. The number of carbonyl (C=O) groups is 1. The second-order valence-corrected chi connectivity index (χ2v) is 4.41. The van der Waals surface area contributed by atoms with Gasteiger partial charge in [0.15, 0.2) is 0 Å². The average Bonchev–Trinajstić information content (AvgIpc) is 2.24. The van der Waals surface area contributed by atoms with Crippen molar-refractivity contribution in [2.75, 3.05) is 0 Å². The zero-order chi connectivity index (χ0) is 13.8. The largest absolute Gasteiger partial charge is 0.449 e. The van der Waals surface area contributed by atoms with Crippen molar-refractivity contribution in [2.45, 2.75) is 19.5 Å². The lowest BCUT2D eigenvalue weighted by atomic mass is 10.1. The van der Waals surface area contributed by atoms with Gasteiger partial charge in [0.2, 0.25) is 5.76 Å². The fourth-order valence-electron chi connectivity index (χ4n) is 1.20. The van der Waals surface area contributed by atoms with E-state index in [1.807, 2.05) is 0 Å². The molecule has 0 aliphatic rings. The van der Waals surface area contributed by atoms with Crippen LogP contribution in [-0.4, -0.2) is 12.1 Å². The second-order valence-electron chi connectivity index (χ2n) is 3.49. The molecule has 0 unspecified atom stereocenters. The molecule has 0 aliphatic carbocycles. The van der Waals surface area contributed by atoms with Crippen molar-refractivity contribution in [3.8, 4) is 0 Å². The van der Waals surface area contributed by atoms with Crippen LogP contribution in [0.4, 0.5) is 13.2 Å². The van der Waals surface area contributed by atoms with E-state index in [0.29, 0.717) is 5.56 Å². The van der Waals surface area contributed by atoms with Gasteiger partial charge in [0, 0.05) is 11.4 Å². The van der Waals surface area contributed by atoms with Crippen LogP contribution in [0.15, 0.2) is 40.6 Å². The van der Waals surface area contributed by atoms with E-state index < -0.39 is 17.9 Å². The van der Waals surface area contributed by atoms with Crippen LogP contribution in [0, 0.1) is 0 Å². The van der Waals surface area contributed by atoms with Gasteiger partial charge in [-0.25, -0.2) is 0 Å². The summed E-state index contributed by atoms with van der Waals surface area (Å²) in [5.74, 6) is -2.27. The van der Waals surface area contributed by atoms with Gasteiger partial charge in [0.1, 0.15) is 0 Å². The number of ether oxygens (including phenoxy) is 1. The maximum absolute atomic E-state index is 12.5. The van der Waals surface area contributed by atoms with Crippen molar-refractivity contribution >= 4 is 21.9 Å². The number of esters is 1. The van der Waals surface area contributed by atoms with Gasteiger partial charge in [0.05, 0.1) is 0 Å². The Balaban J connectivity index is 2.83. The standard InChI is InChI=1S/C12H10BrF3O2/c1-8(17)18-11(12(14,15)16)7-4-9-2-5-10(13)6-3-9/h2-3,5-7H,4H2,1H3. The highest BCUT2D eigenvalue weighted by molar-refractivity contribution is 9.10. The third-order valence-corrected chi connectivity index (χ3v) is 2.50. The second kappa shape index (κ2) is 6.04. The molecule has 0 spiro atoms. The predicted molar refractivity (Wildman–Crippen MR) is 63.8 cm³/mol. The number of halogens is 4. The molecule has 1 rings (SSSR count). The lowest BCUT2D eigenvalue weighted by Gasteiger charge is -2.10. The maximum atomic E-state index is 12.5. The molecular formula is C12H10BrF3O2. The van der Waals surface area contributed by atoms with E-state index >= 15 is 0 Å². The molecule has 0 aliphatic heterocycles. The van der Waals surface area contributed by atoms with Crippen LogP contribution in [0.3, 0.4) is 0 Å². The summed E-state index contributed by atoms with van der Waals surface area (Å²) in [4.78, 5) is 10.6. The van der Waals surface area contributed by atoms with Gasteiger partial charge in [0.25, 0.3) is 0 Å². The van der Waals surface area contributed by atoms with Gasteiger partial charge in [-0.2, -0.15) is 13.2 Å². The Morgan fingerprint density at radius 3 is 2.33 bits per heavy atom. The number of rotatable bonds is 3. The minimum Gasteiger partial charge on any atom is -0.422 e. The maximum Gasteiger partial charge on any atom is 0.449 e. The Hall–Kier alpha value is -1.30. The highest BCUT2D eigenvalue weighted by Crippen LogP contribution is 2.27. The highest BCUT2D eigenvalue weighted by Gasteiger charge is 2.36. The van der Waals surface area contributed by atoms with Gasteiger partial charge < -0.3 is 4.74 Å². The Kier molecular flexibility index (Phi) is 4.95. The zero-order valence-corrected chi connectivity index (χ0v) is 11.0. The highest BCUT2D eigenvalue weighted by atomic mass is 79.9. The zero-order valence-electron chi connectivity index (χ0n) is 9.42. The summed E-state index contributed by atoms with van der Waals surface area (Å²) >= 11 is 3.23. The number of hydrogen-bond donors (Lipinski definition) is 0. The van der Waals surface area contributed by atoms with E-state index in [1.54, 1.807) is 24.3 Å². The smallest absolute Gasteiger partial charge is 0.422 e. The number of carbonyl (C=O) groups excluding carboxylic acids is 1.